The summed E-state index contributed by atoms with van der Waals surface area (Å²) < 4.78 is 24.7. The van der Waals surface area contributed by atoms with Crippen LogP contribution in [0.15, 0.2) is 18.2 Å². The summed E-state index contributed by atoms with van der Waals surface area (Å²) in [5.41, 5.74) is 3.50. The lowest BCUT2D eigenvalue weighted by Crippen LogP contribution is -2.45. The lowest BCUT2D eigenvalue weighted by molar-refractivity contribution is -0.103. The number of hydrazine groups is 1. The highest BCUT2D eigenvalue weighted by atomic mass is 35.5. The van der Waals surface area contributed by atoms with E-state index in [1.165, 1.54) is 12.1 Å². The van der Waals surface area contributed by atoms with Crippen molar-refractivity contribution in [2.45, 2.75) is 30.9 Å². The summed E-state index contributed by atoms with van der Waals surface area (Å²) in [6, 6.07) is 4.34. The second-order valence-corrected chi connectivity index (χ2v) is 6.30. The first-order valence-electron chi connectivity index (χ1n) is 7.26. The monoisotopic (exact) mass is 314 g/mol. The van der Waals surface area contributed by atoms with Crippen molar-refractivity contribution in [1.29, 1.82) is 0 Å². The Bertz CT molecular complexity index is 508. The Morgan fingerprint density at radius 2 is 2.29 bits per heavy atom. The lowest BCUT2D eigenvalue weighted by Gasteiger charge is -2.40. The molecule has 0 aromatic heterocycles. The molecule has 0 bridgehead atoms. The van der Waals surface area contributed by atoms with E-state index in [4.69, 9.17) is 26.9 Å². The van der Waals surface area contributed by atoms with Gasteiger partial charge in [-0.3, -0.25) is 11.3 Å². The minimum atomic E-state index is -0.341. The van der Waals surface area contributed by atoms with E-state index in [0.717, 1.165) is 31.4 Å². The van der Waals surface area contributed by atoms with Crippen molar-refractivity contribution < 1.29 is 13.9 Å². The van der Waals surface area contributed by atoms with Gasteiger partial charge in [-0.1, -0.05) is 17.7 Å². The molecule has 6 heteroatoms. The van der Waals surface area contributed by atoms with E-state index >= 15 is 0 Å². The van der Waals surface area contributed by atoms with Crippen LogP contribution in [0.3, 0.4) is 0 Å². The van der Waals surface area contributed by atoms with Gasteiger partial charge in [-0.15, -0.1) is 0 Å². The molecule has 2 heterocycles. The highest BCUT2D eigenvalue weighted by Crippen LogP contribution is 2.42. The van der Waals surface area contributed by atoms with Crippen LogP contribution in [0.1, 0.15) is 30.9 Å². The highest BCUT2D eigenvalue weighted by molar-refractivity contribution is 6.31. The molecule has 0 aliphatic carbocycles. The van der Waals surface area contributed by atoms with Gasteiger partial charge in [0, 0.05) is 24.7 Å². The van der Waals surface area contributed by atoms with Crippen LogP contribution in [-0.2, 0) is 9.47 Å². The molecule has 2 aliphatic rings. The Labute approximate surface area is 128 Å². The zero-order valence-corrected chi connectivity index (χ0v) is 12.5. The number of hydrogen-bond acceptors (Lipinski definition) is 4. The second kappa shape index (κ2) is 6.18. The molecule has 0 saturated carbocycles. The van der Waals surface area contributed by atoms with Crippen molar-refractivity contribution in [3.8, 4) is 0 Å². The summed E-state index contributed by atoms with van der Waals surface area (Å²) in [5, 5.41) is 0.404. The van der Waals surface area contributed by atoms with E-state index in [1.54, 1.807) is 6.07 Å². The van der Waals surface area contributed by atoms with Crippen molar-refractivity contribution in [2.75, 3.05) is 19.8 Å². The standard InChI is InChI=1S/C15H20ClFN2O2/c16-13-7-11(17)1-2-12(13)14(19-18)10-3-5-21-15(8-10)4-6-20-9-15/h1-2,7,10,14,19H,3-6,8-9,18H2. The first-order valence-corrected chi connectivity index (χ1v) is 7.64. The van der Waals surface area contributed by atoms with Crippen molar-refractivity contribution in [3.05, 3.63) is 34.6 Å². The molecule has 21 heavy (non-hydrogen) atoms. The minimum absolute atomic E-state index is 0.112. The van der Waals surface area contributed by atoms with Crippen molar-refractivity contribution in [1.82, 2.24) is 5.43 Å². The molecule has 1 aromatic rings. The van der Waals surface area contributed by atoms with E-state index in [-0.39, 0.29) is 23.4 Å². The number of benzene rings is 1. The summed E-state index contributed by atoms with van der Waals surface area (Å²) in [5.74, 6) is 5.70. The lowest BCUT2D eigenvalue weighted by atomic mass is 9.79. The molecule has 3 atom stereocenters. The number of nitrogens with two attached hydrogens (primary N) is 1. The third-order valence-electron chi connectivity index (χ3n) is 4.55. The predicted octanol–water partition coefficient (Wildman–Crippen LogP) is 2.57. The maximum atomic E-state index is 13.2. The van der Waals surface area contributed by atoms with Crippen LogP contribution < -0.4 is 11.3 Å². The average Bonchev–Trinajstić information content (AvgIpc) is 2.90. The Morgan fingerprint density at radius 1 is 1.43 bits per heavy atom. The zero-order valence-electron chi connectivity index (χ0n) is 11.8. The van der Waals surface area contributed by atoms with Gasteiger partial charge in [-0.2, -0.15) is 0 Å². The minimum Gasteiger partial charge on any atom is -0.378 e. The molecule has 2 saturated heterocycles. The Kier molecular flexibility index (Phi) is 4.47. The van der Waals surface area contributed by atoms with Crippen LogP contribution in [0, 0.1) is 11.7 Å². The van der Waals surface area contributed by atoms with Crippen LogP contribution in [0.4, 0.5) is 4.39 Å². The van der Waals surface area contributed by atoms with E-state index in [2.05, 4.69) is 5.43 Å². The summed E-state index contributed by atoms with van der Waals surface area (Å²) in [7, 11) is 0. The molecule has 4 nitrogen and oxygen atoms in total. The molecule has 116 valence electrons. The SMILES string of the molecule is NNC(c1ccc(F)cc1Cl)C1CCOC2(CCOC2)C1. The van der Waals surface area contributed by atoms with E-state index in [0.29, 0.717) is 18.2 Å². The molecule has 1 aromatic carbocycles. The fourth-order valence-electron chi connectivity index (χ4n) is 3.45. The third-order valence-corrected chi connectivity index (χ3v) is 4.87. The quantitative estimate of drug-likeness (QED) is 0.665. The van der Waals surface area contributed by atoms with Gasteiger partial charge >= 0.3 is 0 Å². The molecule has 3 unspecified atom stereocenters. The third kappa shape index (κ3) is 3.07. The summed E-state index contributed by atoms with van der Waals surface area (Å²) >= 11 is 6.18. The van der Waals surface area contributed by atoms with Crippen molar-refractivity contribution in [2.24, 2.45) is 11.8 Å². The molecule has 0 amide bonds. The molecule has 0 radical (unpaired) electrons. The molecule has 2 aliphatic heterocycles. The van der Waals surface area contributed by atoms with Gasteiger partial charge < -0.3 is 9.47 Å². The van der Waals surface area contributed by atoms with Gasteiger partial charge in [0.2, 0.25) is 0 Å². The Balaban J connectivity index is 1.82. The Morgan fingerprint density at radius 3 is 2.95 bits per heavy atom. The van der Waals surface area contributed by atoms with Crippen molar-refractivity contribution in [3.63, 3.8) is 0 Å². The first-order chi connectivity index (χ1) is 10.1. The fraction of sp³-hybridized carbons (Fsp3) is 0.600. The summed E-state index contributed by atoms with van der Waals surface area (Å²) in [4.78, 5) is 0. The van der Waals surface area contributed by atoms with Gasteiger partial charge in [0.15, 0.2) is 0 Å². The van der Waals surface area contributed by atoms with Crippen LogP contribution in [0.2, 0.25) is 5.02 Å². The smallest absolute Gasteiger partial charge is 0.124 e. The van der Waals surface area contributed by atoms with E-state index < -0.39 is 0 Å². The van der Waals surface area contributed by atoms with Gasteiger partial charge in [0.1, 0.15) is 5.82 Å². The van der Waals surface area contributed by atoms with Gasteiger partial charge in [0.25, 0.3) is 0 Å². The first kappa shape index (κ1) is 15.2. The maximum Gasteiger partial charge on any atom is 0.124 e. The number of halogens is 2. The second-order valence-electron chi connectivity index (χ2n) is 5.90. The molecular weight excluding hydrogens is 295 g/mol. The van der Waals surface area contributed by atoms with Crippen LogP contribution >= 0.6 is 11.6 Å². The number of ether oxygens (including phenoxy) is 2. The highest BCUT2D eigenvalue weighted by Gasteiger charge is 2.43. The van der Waals surface area contributed by atoms with E-state index in [1.807, 2.05) is 0 Å². The largest absolute Gasteiger partial charge is 0.378 e. The summed E-state index contributed by atoms with van der Waals surface area (Å²) in [6.45, 7) is 2.06. The molecule has 1 spiro atoms. The topological polar surface area (TPSA) is 56.5 Å². The van der Waals surface area contributed by atoms with Gasteiger partial charge in [-0.25, -0.2) is 4.39 Å². The normalized spacial score (nSPS) is 30.7. The average molecular weight is 315 g/mol. The number of rotatable bonds is 3. The predicted molar refractivity (Wildman–Crippen MR) is 78.3 cm³/mol. The van der Waals surface area contributed by atoms with Gasteiger partial charge in [0.05, 0.1) is 18.2 Å². The Hall–Kier alpha value is -0.720. The van der Waals surface area contributed by atoms with Crippen LogP contribution in [0.25, 0.3) is 0 Å². The van der Waals surface area contributed by atoms with Crippen LogP contribution in [0.5, 0.6) is 0 Å². The van der Waals surface area contributed by atoms with E-state index in [9.17, 15) is 4.39 Å². The molecule has 3 N–H and O–H groups in total. The number of nitrogens with one attached hydrogen (secondary N) is 1. The van der Waals surface area contributed by atoms with Gasteiger partial charge in [-0.05, 0) is 36.5 Å². The zero-order chi connectivity index (χ0) is 14.9. The van der Waals surface area contributed by atoms with Crippen molar-refractivity contribution >= 4 is 11.6 Å². The fourth-order valence-corrected chi connectivity index (χ4v) is 3.73. The molecular formula is C15H20ClFN2O2. The molecule has 3 rings (SSSR count). The summed E-state index contributed by atoms with van der Waals surface area (Å²) in [6.07, 6.45) is 2.68. The van der Waals surface area contributed by atoms with Crippen LogP contribution in [-0.4, -0.2) is 25.4 Å². The number of hydrogen-bond donors (Lipinski definition) is 2. The maximum absolute atomic E-state index is 13.2. The molecule has 2 fully saturated rings.